The van der Waals surface area contributed by atoms with Gasteiger partial charge in [-0.15, -0.1) is 11.8 Å². The minimum absolute atomic E-state index is 0.174. The molecule has 0 spiro atoms. The number of aryl methyl sites for hydroxylation is 2. The lowest BCUT2D eigenvalue weighted by Crippen LogP contribution is -2.29. The number of nitrogens with one attached hydrogen (secondary N) is 1. The van der Waals surface area contributed by atoms with Gasteiger partial charge in [0, 0.05) is 10.6 Å². The van der Waals surface area contributed by atoms with E-state index in [4.69, 9.17) is 5.84 Å². The van der Waals surface area contributed by atoms with Crippen molar-refractivity contribution in [3.05, 3.63) is 65.2 Å². The third kappa shape index (κ3) is 4.88. The second kappa shape index (κ2) is 8.23. The molecule has 0 aliphatic carbocycles. The fraction of sp³-hybridized carbons (Fsp3) is 0.333. The molecule has 0 aliphatic rings. The van der Waals surface area contributed by atoms with Gasteiger partial charge in [0.1, 0.15) is 0 Å². The highest BCUT2D eigenvalue weighted by Crippen LogP contribution is 2.25. The van der Waals surface area contributed by atoms with Gasteiger partial charge in [0.15, 0.2) is 0 Å². The van der Waals surface area contributed by atoms with Crippen molar-refractivity contribution in [1.82, 2.24) is 5.43 Å². The highest BCUT2D eigenvalue weighted by Gasteiger charge is 2.10. The summed E-state index contributed by atoms with van der Waals surface area (Å²) in [5.41, 5.74) is 6.89. The van der Waals surface area contributed by atoms with Crippen LogP contribution in [0.5, 0.6) is 0 Å². The average Bonchev–Trinajstić information content (AvgIpc) is 2.50. The van der Waals surface area contributed by atoms with Crippen LogP contribution in [0.15, 0.2) is 53.4 Å². The number of benzene rings is 2. The molecule has 3 heteroatoms. The smallest absolute Gasteiger partial charge is 0.0554 e. The van der Waals surface area contributed by atoms with Gasteiger partial charge in [-0.25, -0.2) is 0 Å². The molecular formula is C18H24N2S. The molecule has 0 radical (unpaired) electrons. The minimum atomic E-state index is 0.174. The van der Waals surface area contributed by atoms with Crippen molar-refractivity contribution >= 4 is 11.8 Å². The van der Waals surface area contributed by atoms with E-state index in [0.29, 0.717) is 0 Å². The van der Waals surface area contributed by atoms with Crippen LogP contribution in [0.3, 0.4) is 0 Å². The summed E-state index contributed by atoms with van der Waals surface area (Å²) in [6.07, 6.45) is 2.29. The number of hydrogen-bond donors (Lipinski definition) is 2. The van der Waals surface area contributed by atoms with Crippen molar-refractivity contribution in [3.8, 4) is 0 Å². The molecule has 1 unspecified atom stereocenters. The second-order valence-corrected chi connectivity index (χ2v) is 6.43. The number of nitrogens with two attached hydrogens (primary N) is 1. The van der Waals surface area contributed by atoms with Crippen LogP contribution < -0.4 is 11.3 Å². The highest BCUT2D eigenvalue weighted by atomic mass is 32.2. The van der Waals surface area contributed by atoms with Crippen molar-refractivity contribution in [2.24, 2.45) is 5.84 Å². The van der Waals surface area contributed by atoms with E-state index in [1.807, 2.05) is 11.8 Å². The van der Waals surface area contributed by atoms with E-state index in [1.54, 1.807) is 0 Å². The van der Waals surface area contributed by atoms with Gasteiger partial charge in [-0.2, -0.15) is 0 Å². The molecule has 3 N–H and O–H groups in total. The third-order valence-corrected chi connectivity index (χ3v) is 4.64. The van der Waals surface area contributed by atoms with Crippen molar-refractivity contribution in [2.75, 3.05) is 5.75 Å². The predicted molar refractivity (Wildman–Crippen MR) is 92.4 cm³/mol. The lowest BCUT2D eigenvalue weighted by molar-refractivity contribution is 0.610. The molecule has 0 saturated heterocycles. The molecule has 0 aliphatic heterocycles. The summed E-state index contributed by atoms with van der Waals surface area (Å²) in [5.74, 6) is 6.68. The lowest BCUT2D eigenvalue weighted by Gasteiger charge is -2.17. The first-order valence-corrected chi connectivity index (χ1v) is 8.46. The van der Waals surface area contributed by atoms with E-state index >= 15 is 0 Å². The standard InChI is InChI=1S/C18H24N2S/c1-3-5-15-6-4-7-16(12-15)18(20-19)13-21-17-10-8-14(2)9-11-17/h4,6-12,18,20H,3,5,13,19H2,1-2H3. The monoisotopic (exact) mass is 300 g/mol. The van der Waals surface area contributed by atoms with Gasteiger partial charge in [0.25, 0.3) is 0 Å². The van der Waals surface area contributed by atoms with Crippen LogP contribution in [0.1, 0.15) is 36.1 Å². The van der Waals surface area contributed by atoms with E-state index in [2.05, 4.69) is 67.8 Å². The van der Waals surface area contributed by atoms with Crippen LogP contribution in [-0.4, -0.2) is 5.75 Å². The van der Waals surface area contributed by atoms with Crippen LogP contribution >= 0.6 is 11.8 Å². The zero-order valence-corrected chi connectivity index (χ0v) is 13.6. The average molecular weight is 300 g/mol. The maximum atomic E-state index is 5.75. The Kier molecular flexibility index (Phi) is 6.30. The minimum Gasteiger partial charge on any atom is -0.271 e. The van der Waals surface area contributed by atoms with E-state index < -0.39 is 0 Å². The summed E-state index contributed by atoms with van der Waals surface area (Å²) in [5, 5.41) is 0. The molecule has 2 aromatic carbocycles. The first-order chi connectivity index (χ1) is 10.2. The molecular weight excluding hydrogens is 276 g/mol. The summed E-state index contributed by atoms with van der Waals surface area (Å²) in [7, 11) is 0. The van der Waals surface area contributed by atoms with Gasteiger partial charge in [-0.1, -0.05) is 55.3 Å². The Balaban J connectivity index is 2.02. The number of hydrogen-bond acceptors (Lipinski definition) is 3. The van der Waals surface area contributed by atoms with Crippen molar-refractivity contribution in [1.29, 1.82) is 0 Å². The molecule has 2 aromatic rings. The first-order valence-electron chi connectivity index (χ1n) is 7.47. The summed E-state index contributed by atoms with van der Waals surface area (Å²) in [6, 6.07) is 17.5. The van der Waals surface area contributed by atoms with Gasteiger partial charge in [0.2, 0.25) is 0 Å². The molecule has 0 heterocycles. The molecule has 0 amide bonds. The summed E-state index contributed by atoms with van der Waals surface area (Å²) >= 11 is 1.83. The van der Waals surface area contributed by atoms with Gasteiger partial charge in [-0.05, 0) is 36.6 Å². The van der Waals surface area contributed by atoms with E-state index in [1.165, 1.54) is 28.0 Å². The molecule has 2 nitrogen and oxygen atoms in total. The third-order valence-electron chi connectivity index (χ3n) is 3.53. The van der Waals surface area contributed by atoms with Gasteiger partial charge < -0.3 is 0 Å². The van der Waals surface area contributed by atoms with Crippen LogP contribution in [0.25, 0.3) is 0 Å². The van der Waals surface area contributed by atoms with Crippen LogP contribution in [-0.2, 0) is 6.42 Å². The zero-order chi connectivity index (χ0) is 15.1. The Morgan fingerprint density at radius 1 is 1.14 bits per heavy atom. The Morgan fingerprint density at radius 3 is 2.57 bits per heavy atom. The Morgan fingerprint density at radius 2 is 1.90 bits per heavy atom. The van der Waals surface area contributed by atoms with Crippen molar-refractivity contribution in [3.63, 3.8) is 0 Å². The number of rotatable bonds is 7. The maximum absolute atomic E-state index is 5.75. The maximum Gasteiger partial charge on any atom is 0.0554 e. The molecule has 2 rings (SSSR count). The van der Waals surface area contributed by atoms with E-state index in [-0.39, 0.29) is 6.04 Å². The summed E-state index contributed by atoms with van der Waals surface area (Å²) in [6.45, 7) is 4.32. The van der Waals surface area contributed by atoms with Crippen LogP contribution in [0.2, 0.25) is 0 Å². The molecule has 1 atom stereocenters. The summed E-state index contributed by atoms with van der Waals surface area (Å²) in [4.78, 5) is 1.28. The molecule has 21 heavy (non-hydrogen) atoms. The summed E-state index contributed by atoms with van der Waals surface area (Å²) < 4.78 is 0. The molecule has 0 fully saturated rings. The normalized spacial score (nSPS) is 12.3. The van der Waals surface area contributed by atoms with Gasteiger partial charge >= 0.3 is 0 Å². The van der Waals surface area contributed by atoms with Gasteiger partial charge in [-0.3, -0.25) is 11.3 Å². The Bertz CT molecular complexity index is 551. The number of thioether (sulfide) groups is 1. The highest BCUT2D eigenvalue weighted by molar-refractivity contribution is 7.99. The molecule has 112 valence electrons. The van der Waals surface area contributed by atoms with E-state index in [0.717, 1.165) is 12.2 Å². The van der Waals surface area contributed by atoms with Gasteiger partial charge in [0.05, 0.1) is 6.04 Å². The quantitative estimate of drug-likeness (QED) is 0.456. The van der Waals surface area contributed by atoms with E-state index in [9.17, 15) is 0 Å². The van der Waals surface area contributed by atoms with Crippen molar-refractivity contribution < 1.29 is 0 Å². The predicted octanol–water partition coefficient (Wildman–Crippen LogP) is 4.24. The SMILES string of the molecule is CCCc1cccc(C(CSc2ccc(C)cc2)NN)c1. The fourth-order valence-electron chi connectivity index (χ4n) is 2.31. The molecule has 0 saturated carbocycles. The van der Waals surface area contributed by atoms with Crippen LogP contribution in [0, 0.1) is 6.92 Å². The van der Waals surface area contributed by atoms with Crippen LogP contribution in [0.4, 0.5) is 0 Å². The largest absolute Gasteiger partial charge is 0.271 e. The van der Waals surface area contributed by atoms with Crippen molar-refractivity contribution in [2.45, 2.75) is 37.6 Å². The number of hydrazine groups is 1. The lowest BCUT2D eigenvalue weighted by atomic mass is 10.0. The molecule has 0 aromatic heterocycles. The fourth-order valence-corrected chi connectivity index (χ4v) is 3.28. The molecule has 0 bridgehead atoms. The topological polar surface area (TPSA) is 38.0 Å². The Labute approximate surface area is 132 Å². The zero-order valence-electron chi connectivity index (χ0n) is 12.8. The Hall–Kier alpha value is -1.29. The first kappa shape index (κ1) is 16.1. The second-order valence-electron chi connectivity index (χ2n) is 5.34.